The van der Waals surface area contributed by atoms with E-state index in [1.165, 1.54) is 29.4 Å². The number of pyridine rings is 1. The number of hydrogen-bond acceptors (Lipinski definition) is 3. The van der Waals surface area contributed by atoms with Gasteiger partial charge in [-0.2, -0.15) is 18.3 Å². The van der Waals surface area contributed by atoms with E-state index in [4.69, 9.17) is 0 Å². The number of H-pyrrole nitrogens is 1. The minimum atomic E-state index is -4.54. The zero-order chi connectivity index (χ0) is 19.9. The fourth-order valence-corrected chi connectivity index (χ4v) is 3.26. The summed E-state index contributed by atoms with van der Waals surface area (Å²) in [5, 5.41) is 6.63. The highest BCUT2D eigenvalue weighted by atomic mass is 19.4. The Bertz CT molecular complexity index is 1170. The second-order valence-corrected chi connectivity index (χ2v) is 6.59. The number of alkyl halides is 3. The van der Waals surface area contributed by atoms with Gasteiger partial charge in [0.05, 0.1) is 16.8 Å². The molecule has 0 unspecified atom stereocenters. The molecule has 1 N–H and O–H groups in total. The maximum Gasteiger partial charge on any atom is 0.418 e. The molecule has 0 saturated carbocycles. The lowest BCUT2D eigenvalue weighted by Crippen LogP contribution is -2.19. The summed E-state index contributed by atoms with van der Waals surface area (Å²) in [5.74, 6) is 0.811. The molecule has 9 heteroatoms. The van der Waals surface area contributed by atoms with Gasteiger partial charge in [-0.1, -0.05) is 19.1 Å². The average molecular weight is 387 g/mol. The van der Waals surface area contributed by atoms with Gasteiger partial charge in [0, 0.05) is 18.8 Å². The number of rotatable bonds is 4. The van der Waals surface area contributed by atoms with Crippen molar-refractivity contribution in [2.24, 2.45) is 0 Å². The van der Waals surface area contributed by atoms with Crippen LogP contribution in [0.15, 0.2) is 59.9 Å². The second-order valence-electron chi connectivity index (χ2n) is 6.59. The SMILES string of the molecule is C[C@H](Cc1ncn[nH]1)c1cccc(-n2cc3c(C(F)(F)F)cccn3c2=O)c1. The van der Waals surface area contributed by atoms with Crippen molar-refractivity contribution < 1.29 is 13.2 Å². The third-order valence-electron chi connectivity index (χ3n) is 4.68. The first-order valence-corrected chi connectivity index (χ1v) is 8.59. The van der Waals surface area contributed by atoms with Crippen LogP contribution < -0.4 is 5.69 Å². The number of imidazole rings is 1. The van der Waals surface area contributed by atoms with E-state index in [1.807, 2.05) is 13.0 Å². The van der Waals surface area contributed by atoms with Gasteiger partial charge < -0.3 is 0 Å². The second kappa shape index (κ2) is 6.66. The van der Waals surface area contributed by atoms with Crippen LogP contribution in [0.1, 0.15) is 29.8 Å². The van der Waals surface area contributed by atoms with Gasteiger partial charge in [0.2, 0.25) is 0 Å². The largest absolute Gasteiger partial charge is 0.418 e. The van der Waals surface area contributed by atoms with Crippen molar-refractivity contribution in [3.8, 4) is 5.69 Å². The smallest absolute Gasteiger partial charge is 0.267 e. The normalized spacial score (nSPS) is 13.1. The van der Waals surface area contributed by atoms with Crippen molar-refractivity contribution in [1.82, 2.24) is 24.1 Å². The van der Waals surface area contributed by atoms with Gasteiger partial charge in [-0.3, -0.25) is 14.1 Å². The highest BCUT2D eigenvalue weighted by Gasteiger charge is 2.33. The number of nitrogens with zero attached hydrogens (tertiary/aromatic N) is 4. The number of fused-ring (bicyclic) bond motifs is 1. The van der Waals surface area contributed by atoms with Gasteiger partial charge in [0.25, 0.3) is 0 Å². The highest BCUT2D eigenvalue weighted by Crippen LogP contribution is 2.32. The van der Waals surface area contributed by atoms with Gasteiger partial charge in [-0.05, 0) is 35.7 Å². The number of nitrogens with one attached hydrogen (secondary N) is 1. The summed E-state index contributed by atoms with van der Waals surface area (Å²) in [4.78, 5) is 16.8. The Morgan fingerprint density at radius 2 is 2.04 bits per heavy atom. The van der Waals surface area contributed by atoms with Crippen molar-refractivity contribution >= 4 is 5.52 Å². The van der Waals surface area contributed by atoms with E-state index in [9.17, 15) is 18.0 Å². The van der Waals surface area contributed by atoms with E-state index >= 15 is 0 Å². The van der Waals surface area contributed by atoms with Crippen molar-refractivity contribution in [2.45, 2.75) is 25.4 Å². The predicted octanol–water partition coefficient (Wildman–Crippen LogP) is 3.57. The van der Waals surface area contributed by atoms with Crippen LogP contribution in [0.3, 0.4) is 0 Å². The summed E-state index contributed by atoms with van der Waals surface area (Å²) in [5.41, 5.74) is -0.141. The summed E-state index contributed by atoms with van der Waals surface area (Å²) >= 11 is 0. The number of aromatic nitrogens is 5. The van der Waals surface area contributed by atoms with Crippen LogP contribution >= 0.6 is 0 Å². The van der Waals surface area contributed by atoms with Crippen molar-refractivity contribution in [2.75, 3.05) is 0 Å². The number of aromatic amines is 1. The third kappa shape index (κ3) is 3.19. The summed E-state index contributed by atoms with van der Waals surface area (Å²) in [6.45, 7) is 2.00. The molecule has 1 atom stereocenters. The molecule has 0 spiro atoms. The predicted molar refractivity (Wildman–Crippen MR) is 96.5 cm³/mol. The lowest BCUT2D eigenvalue weighted by molar-refractivity contribution is -0.136. The van der Waals surface area contributed by atoms with Crippen molar-refractivity contribution in [1.29, 1.82) is 0 Å². The summed E-state index contributed by atoms with van der Waals surface area (Å²) in [6, 6.07) is 9.37. The number of halogens is 3. The fraction of sp³-hybridized carbons (Fsp3) is 0.211. The molecule has 1 aromatic carbocycles. The first kappa shape index (κ1) is 18.0. The topological polar surface area (TPSA) is 68.0 Å². The molecule has 0 amide bonds. The maximum atomic E-state index is 13.3. The Kier molecular flexibility index (Phi) is 4.29. The summed E-state index contributed by atoms with van der Waals surface area (Å²) in [7, 11) is 0. The van der Waals surface area contributed by atoms with Crippen LogP contribution in [-0.4, -0.2) is 24.1 Å². The average Bonchev–Trinajstić information content (AvgIpc) is 3.29. The Morgan fingerprint density at radius 3 is 2.75 bits per heavy atom. The molecule has 3 aromatic heterocycles. The summed E-state index contributed by atoms with van der Waals surface area (Å²) < 4.78 is 42.1. The molecule has 4 rings (SSSR count). The van der Waals surface area contributed by atoms with E-state index in [0.717, 1.165) is 21.9 Å². The molecule has 0 saturated heterocycles. The summed E-state index contributed by atoms with van der Waals surface area (Å²) in [6.07, 6.45) is 0.0705. The molecule has 144 valence electrons. The van der Waals surface area contributed by atoms with Gasteiger partial charge in [-0.15, -0.1) is 0 Å². The molecule has 4 aromatic rings. The molecule has 0 aliphatic rings. The van der Waals surface area contributed by atoms with E-state index in [1.54, 1.807) is 18.2 Å². The monoisotopic (exact) mass is 387 g/mol. The molecule has 6 nitrogen and oxygen atoms in total. The van der Waals surface area contributed by atoms with Gasteiger partial charge in [0.15, 0.2) is 0 Å². The molecule has 0 aliphatic heterocycles. The first-order chi connectivity index (χ1) is 13.3. The van der Waals surface area contributed by atoms with Crippen LogP contribution in [0.25, 0.3) is 11.2 Å². The lowest BCUT2D eigenvalue weighted by atomic mass is 9.97. The lowest BCUT2D eigenvalue weighted by Gasteiger charge is -2.12. The minimum absolute atomic E-state index is 0.0753. The van der Waals surface area contributed by atoms with Gasteiger partial charge in [-0.25, -0.2) is 9.78 Å². The van der Waals surface area contributed by atoms with Crippen molar-refractivity contribution in [3.63, 3.8) is 0 Å². The van der Waals surface area contributed by atoms with E-state index in [-0.39, 0.29) is 11.4 Å². The van der Waals surface area contributed by atoms with E-state index in [0.29, 0.717) is 12.1 Å². The number of benzene rings is 1. The Morgan fingerprint density at radius 1 is 1.21 bits per heavy atom. The maximum absolute atomic E-state index is 13.3. The standard InChI is InChI=1S/C19H16F3N5O/c1-12(8-17-23-11-24-25-17)13-4-2-5-14(9-13)27-10-16-15(19(20,21)22)6-3-7-26(16)18(27)28/h2-7,9-12H,8H2,1H3,(H,23,24,25)/t12-/m1/s1. The molecule has 3 heterocycles. The molecular weight excluding hydrogens is 371 g/mol. The number of hydrogen-bond donors (Lipinski definition) is 1. The third-order valence-corrected chi connectivity index (χ3v) is 4.68. The van der Waals surface area contributed by atoms with Crippen LogP contribution in [-0.2, 0) is 12.6 Å². The Hall–Kier alpha value is -3.36. The van der Waals surface area contributed by atoms with Crippen LogP contribution in [0, 0.1) is 0 Å². The molecule has 0 fully saturated rings. The minimum Gasteiger partial charge on any atom is -0.267 e. The van der Waals surface area contributed by atoms with E-state index < -0.39 is 17.4 Å². The zero-order valence-electron chi connectivity index (χ0n) is 14.8. The zero-order valence-corrected chi connectivity index (χ0v) is 14.8. The van der Waals surface area contributed by atoms with Crippen LogP contribution in [0.5, 0.6) is 0 Å². The molecule has 0 aliphatic carbocycles. The first-order valence-electron chi connectivity index (χ1n) is 8.59. The Balaban J connectivity index is 1.76. The van der Waals surface area contributed by atoms with Gasteiger partial charge in [0.1, 0.15) is 12.2 Å². The molecule has 0 bridgehead atoms. The van der Waals surface area contributed by atoms with Gasteiger partial charge >= 0.3 is 11.9 Å². The molecule has 0 radical (unpaired) electrons. The molecule has 28 heavy (non-hydrogen) atoms. The highest BCUT2D eigenvalue weighted by molar-refractivity contribution is 5.56. The van der Waals surface area contributed by atoms with Crippen molar-refractivity contribution in [3.05, 3.63) is 82.6 Å². The van der Waals surface area contributed by atoms with Crippen LogP contribution in [0.4, 0.5) is 13.2 Å². The Labute approximate surface area is 157 Å². The molecular formula is C19H16F3N5O. The van der Waals surface area contributed by atoms with E-state index in [2.05, 4.69) is 15.2 Å². The fourth-order valence-electron chi connectivity index (χ4n) is 3.26. The quantitative estimate of drug-likeness (QED) is 0.582. The van der Waals surface area contributed by atoms with Crippen LogP contribution in [0.2, 0.25) is 0 Å².